The van der Waals surface area contributed by atoms with E-state index in [0.29, 0.717) is 17.2 Å². The highest BCUT2D eigenvalue weighted by Crippen LogP contribution is 2.30. The summed E-state index contributed by atoms with van der Waals surface area (Å²) in [6, 6.07) is 20.1. The maximum Gasteiger partial charge on any atom is 0.262 e. The van der Waals surface area contributed by atoms with Gasteiger partial charge in [-0.1, -0.05) is 30.3 Å². The molecule has 0 aliphatic carbocycles. The molecule has 3 aromatic carbocycles. The molecule has 1 N–H and O–H groups in total. The zero-order chi connectivity index (χ0) is 21.8. The summed E-state index contributed by atoms with van der Waals surface area (Å²) in [4.78, 5) is 4.52. The SMILES string of the molecule is COc1ccc(S(=O)(=O)Nc2ccc3c(c2)ncn3CCc2ccccc2)cc1OC. The standard InChI is InChI=1S/C23H23N3O4S/c1-29-22-11-9-19(15-23(22)30-2)31(27,28)25-18-8-10-21-20(14-18)24-16-26(21)13-12-17-6-4-3-5-7-17/h3-11,14-16,25H,12-13H2,1-2H3. The molecule has 1 aromatic heterocycles. The Morgan fingerprint density at radius 1 is 0.935 bits per heavy atom. The normalized spacial score (nSPS) is 11.4. The molecule has 31 heavy (non-hydrogen) atoms. The van der Waals surface area contributed by atoms with E-state index in [4.69, 9.17) is 9.47 Å². The summed E-state index contributed by atoms with van der Waals surface area (Å²) in [5.74, 6) is 0.807. The van der Waals surface area contributed by atoms with Crippen LogP contribution in [0.5, 0.6) is 11.5 Å². The third-order valence-corrected chi connectivity index (χ3v) is 6.40. The van der Waals surface area contributed by atoms with Gasteiger partial charge in [-0.25, -0.2) is 13.4 Å². The van der Waals surface area contributed by atoms with E-state index in [-0.39, 0.29) is 4.90 Å². The van der Waals surface area contributed by atoms with Crippen LogP contribution in [0.4, 0.5) is 5.69 Å². The number of nitrogens with one attached hydrogen (secondary N) is 1. The van der Waals surface area contributed by atoms with E-state index in [1.165, 1.54) is 31.9 Å². The third-order valence-electron chi connectivity index (χ3n) is 5.02. The highest BCUT2D eigenvalue weighted by atomic mass is 32.2. The Morgan fingerprint density at radius 2 is 1.71 bits per heavy atom. The number of imidazole rings is 1. The number of rotatable bonds is 8. The largest absolute Gasteiger partial charge is 0.493 e. The van der Waals surface area contributed by atoms with Crippen molar-refractivity contribution in [2.24, 2.45) is 0 Å². The Balaban J connectivity index is 1.54. The van der Waals surface area contributed by atoms with Crippen molar-refractivity contribution in [3.63, 3.8) is 0 Å². The summed E-state index contributed by atoms with van der Waals surface area (Å²) >= 11 is 0. The smallest absolute Gasteiger partial charge is 0.262 e. The number of hydrogen-bond donors (Lipinski definition) is 1. The summed E-state index contributed by atoms with van der Waals surface area (Å²) in [5, 5.41) is 0. The molecule has 0 saturated heterocycles. The average Bonchev–Trinajstić information content (AvgIpc) is 3.19. The second kappa shape index (κ2) is 8.69. The number of benzene rings is 3. The van der Waals surface area contributed by atoms with Crippen molar-refractivity contribution in [1.29, 1.82) is 0 Å². The Labute approximate surface area is 181 Å². The average molecular weight is 438 g/mol. The van der Waals surface area contributed by atoms with Gasteiger partial charge in [0.15, 0.2) is 11.5 Å². The van der Waals surface area contributed by atoms with Crippen molar-refractivity contribution in [3.05, 3.63) is 78.6 Å². The van der Waals surface area contributed by atoms with Gasteiger partial charge >= 0.3 is 0 Å². The molecule has 0 radical (unpaired) electrons. The number of nitrogens with zero attached hydrogens (tertiary/aromatic N) is 2. The molecule has 4 aromatic rings. The van der Waals surface area contributed by atoms with E-state index in [2.05, 4.69) is 26.4 Å². The number of hydrogen-bond acceptors (Lipinski definition) is 5. The molecule has 0 bridgehead atoms. The summed E-state index contributed by atoms with van der Waals surface area (Å²) in [7, 11) is -0.839. The Kier molecular flexibility index (Phi) is 5.81. The topological polar surface area (TPSA) is 82.5 Å². The molecule has 0 saturated carbocycles. The molecule has 1 heterocycles. The van der Waals surface area contributed by atoms with E-state index in [1.807, 2.05) is 24.3 Å². The van der Waals surface area contributed by atoms with Crippen LogP contribution in [-0.2, 0) is 23.0 Å². The quantitative estimate of drug-likeness (QED) is 0.449. The van der Waals surface area contributed by atoms with Gasteiger partial charge in [-0.05, 0) is 42.3 Å². The van der Waals surface area contributed by atoms with Crippen LogP contribution in [0, 0.1) is 0 Å². The number of fused-ring (bicyclic) bond motifs is 1. The molecule has 0 unspecified atom stereocenters. The van der Waals surface area contributed by atoms with Crippen molar-refractivity contribution >= 4 is 26.7 Å². The first-order chi connectivity index (χ1) is 15.0. The fraction of sp³-hybridized carbons (Fsp3) is 0.174. The van der Waals surface area contributed by atoms with Crippen LogP contribution < -0.4 is 14.2 Å². The van der Waals surface area contributed by atoms with Crippen LogP contribution in [0.25, 0.3) is 11.0 Å². The van der Waals surface area contributed by atoms with Gasteiger partial charge in [-0.2, -0.15) is 0 Å². The summed E-state index contributed by atoms with van der Waals surface area (Å²) in [6.07, 6.45) is 2.67. The van der Waals surface area contributed by atoms with Gasteiger partial charge in [0.25, 0.3) is 10.0 Å². The van der Waals surface area contributed by atoms with Crippen molar-refractivity contribution in [1.82, 2.24) is 9.55 Å². The van der Waals surface area contributed by atoms with E-state index < -0.39 is 10.0 Å². The molecule has 0 amide bonds. The summed E-state index contributed by atoms with van der Waals surface area (Å²) in [5.41, 5.74) is 3.37. The molecule has 7 nitrogen and oxygen atoms in total. The molecule has 0 fully saturated rings. The lowest BCUT2D eigenvalue weighted by molar-refractivity contribution is 0.354. The zero-order valence-electron chi connectivity index (χ0n) is 17.3. The van der Waals surface area contributed by atoms with Gasteiger partial charge in [0.1, 0.15) is 0 Å². The van der Waals surface area contributed by atoms with E-state index in [9.17, 15) is 8.42 Å². The Bertz CT molecular complexity index is 1300. The number of ether oxygens (including phenoxy) is 2. The van der Waals surface area contributed by atoms with Crippen molar-refractivity contribution < 1.29 is 17.9 Å². The van der Waals surface area contributed by atoms with Crippen LogP contribution in [0.2, 0.25) is 0 Å². The minimum Gasteiger partial charge on any atom is -0.493 e. The first-order valence-corrected chi connectivity index (χ1v) is 11.2. The highest BCUT2D eigenvalue weighted by Gasteiger charge is 2.18. The minimum atomic E-state index is -3.80. The molecule has 0 aliphatic heterocycles. The van der Waals surface area contributed by atoms with E-state index >= 15 is 0 Å². The Morgan fingerprint density at radius 3 is 2.45 bits per heavy atom. The predicted octanol–water partition coefficient (Wildman–Crippen LogP) is 4.10. The summed E-state index contributed by atoms with van der Waals surface area (Å²) in [6.45, 7) is 0.789. The molecule has 0 spiro atoms. The third kappa shape index (κ3) is 4.49. The van der Waals surface area contributed by atoms with Gasteiger partial charge in [-0.15, -0.1) is 0 Å². The summed E-state index contributed by atoms with van der Waals surface area (Å²) < 4.78 is 40.7. The molecule has 4 rings (SSSR count). The molecule has 0 atom stereocenters. The van der Waals surface area contributed by atoms with E-state index in [0.717, 1.165) is 24.0 Å². The maximum atomic E-state index is 12.8. The number of aryl methyl sites for hydroxylation is 2. The van der Waals surface area contributed by atoms with Gasteiger partial charge in [0, 0.05) is 12.6 Å². The monoisotopic (exact) mass is 437 g/mol. The Hall–Kier alpha value is -3.52. The first-order valence-electron chi connectivity index (χ1n) is 9.74. The maximum absolute atomic E-state index is 12.8. The number of anilines is 1. The zero-order valence-corrected chi connectivity index (χ0v) is 18.1. The lowest BCUT2D eigenvalue weighted by Crippen LogP contribution is -2.13. The van der Waals surface area contributed by atoms with Crippen LogP contribution in [0.3, 0.4) is 0 Å². The highest BCUT2D eigenvalue weighted by molar-refractivity contribution is 7.92. The van der Waals surface area contributed by atoms with E-state index in [1.54, 1.807) is 24.5 Å². The molecular formula is C23H23N3O4S. The van der Waals surface area contributed by atoms with Crippen LogP contribution in [0.1, 0.15) is 5.56 Å². The predicted molar refractivity (Wildman–Crippen MR) is 120 cm³/mol. The second-order valence-corrected chi connectivity index (χ2v) is 8.68. The van der Waals surface area contributed by atoms with Crippen LogP contribution in [-0.4, -0.2) is 32.2 Å². The number of aromatic nitrogens is 2. The minimum absolute atomic E-state index is 0.0821. The van der Waals surface area contributed by atoms with Crippen LogP contribution in [0.15, 0.2) is 78.0 Å². The van der Waals surface area contributed by atoms with Gasteiger partial charge in [0.05, 0.1) is 42.2 Å². The number of sulfonamides is 1. The fourth-order valence-corrected chi connectivity index (χ4v) is 4.46. The molecule has 160 valence electrons. The molecular weight excluding hydrogens is 414 g/mol. The lowest BCUT2D eigenvalue weighted by atomic mass is 10.1. The van der Waals surface area contributed by atoms with Crippen molar-refractivity contribution in [2.75, 3.05) is 18.9 Å². The van der Waals surface area contributed by atoms with Gasteiger partial charge in [0.2, 0.25) is 0 Å². The van der Waals surface area contributed by atoms with Crippen molar-refractivity contribution in [2.45, 2.75) is 17.9 Å². The first kappa shape index (κ1) is 20.7. The lowest BCUT2D eigenvalue weighted by Gasteiger charge is -2.12. The number of methoxy groups -OCH3 is 2. The van der Waals surface area contributed by atoms with Crippen LogP contribution >= 0.6 is 0 Å². The van der Waals surface area contributed by atoms with Gasteiger partial charge < -0.3 is 14.0 Å². The molecule has 0 aliphatic rings. The van der Waals surface area contributed by atoms with Crippen molar-refractivity contribution in [3.8, 4) is 11.5 Å². The second-order valence-electron chi connectivity index (χ2n) is 7.00. The van der Waals surface area contributed by atoms with Gasteiger partial charge in [-0.3, -0.25) is 4.72 Å². The molecule has 8 heteroatoms. The fourth-order valence-electron chi connectivity index (χ4n) is 3.40.